The Hall–Kier alpha value is -2.33. The van der Waals surface area contributed by atoms with Gasteiger partial charge in [-0.1, -0.05) is 11.6 Å². The maximum atomic E-state index is 14.6. The number of ether oxygens (including phenoxy) is 1. The van der Waals surface area contributed by atoms with Crippen molar-refractivity contribution >= 4 is 29.2 Å². The van der Waals surface area contributed by atoms with Gasteiger partial charge in [0.15, 0.2) is 0 Å². The van der Waals surface area contributed by atoms with Gasteiger partial charge in [-0.3, -0.25) is 14.2 Å². The van der Waals surface area contributed by atoms with Crippen molar-refractivity contribution < 1.29 is 27.1 Å². The van der Waals surface area contributed by atoms with Gasteiger partial charge in [-0.05, 0) is 38.0 Å². The summed E-state index contributed by atoms with van der Waals surface area (Å²) in [4.78, 5) is 36.0. The first kappa shape index (κ1) is 24.9. The summed E-state index contributed by atoms with van der Waals surface area (Å²) >= 11 is 12.4. The monoisotopic (exact) mass is 484 g/mol. The van der Waals surface area contributed by atoms with Crippen LogP contribution in [0.5, 0.6) is 0 Å². The van der Waals surface area contributed by atoms with E-state index in [2.05, 4.69) is 0 Å². The molecule has 0 saturated heterocycles. The van der Waals surface area contributed by atoms with E-state index in [1.165, 1.54) is 6.92 Å². The second-order valence-corrected chi connectivity index (χ2v) is 8.24. The van der Waals surface area contributed by atoms with E-state index in [-0.39, 0.29) is 32.2 Å². The molecule has 0 aliphatic heterocycles. The van der Waals surface area contributed by atoms with Crippen molar-refractivity contribution in [2.45, 2.75) is 44.3 Å². The van der Waals surface area contributed by atoms with Crippen LogP contribution in [0.4, 0.5) is 17.6 Å². The van der Waals surface area contributed by atoms with Crippen molar-refractivity contribution in [1.82, 2.24) is 9.13 Å². The highest BCUT2D eigenvalue weighted by Crippen LogP contribution is 2.30. The number of halogens is 6. The first-order valence-corrected chi connectivity index (χ1v) is 9.60. The van der Waals surface area contributed by atoms with Crippen molar-refractivity contribution in [3.8, 4) is 5.69 Å². The molecule has 0 N–H and O–H groups in total. The SMILES string of the molecule is CC(=O)OC(C)(C)C(Cl)Cc1cc(-n2c(=O)cc(C(F)(F)F)n(C)c2=O)c(F)cc1Cl. The zero-order valence-electron chi connectivity index (χ0n) is 16.8. The Morgan fingerprint density at radius 2 is 1.77 bits per heavy atom. The third-order valence-electron chi connectivity index (χ3n) is 4.53. The maximum Gasteiger partial charge on any atom is 0.431 e. The molecule has 0 fully saturated rings. The van der Waals surface area contributed by atoms with Crippen LogP contribution in [0, 0.1) is 5.82 Å². The van der Waals surface area contributed by atoms with Gasteiger partial charge in [-0.25, -0.2) is 13.8 Å². The van der Waals surface area contributed by atoms with E-state index in [4.69, 9.17) is 27.9 Å². The van der Waals surface area contributed by atoms with Gasteiger partial charge in [-0.2, -0.15) is 13.2 Å². The topological polar surface area (TPSA) is 70.3 Å². The molecule has 6 nitrogen and oxygen atoms in total. The van der Waals surface area contributed by atoms with E-state index < -0.39 is 51.6 Å². The zero-order valence-corrected chi connectivity index (χ0v) is 18.3. The highest BCUT2D eigenvalue weighted by atomic mass is 35.5. The first-order valence-electron chi connectivity index (χ1n) is 8.78. The Morgan fingerprint density at radius 1 is 1.19 bits per heavy atom. The third kappa shape index (κ3) is 5.30. The molecule has 1 atom stereocenters. The number of benzene rings is 1. The van der Waals surface area contributed by atoms with Gasteiger partial charge in [0.25, 0.3) is 5.56 Å². The second kappa shape index (κ2) is 8.66. The predicted molar refractivity (Wildman–Crippen MR) is 106 cm³/mol. The molecule has 0 radical (unpaired) electrons. The average Bonchev–Trinajstić information content (AvgIpc) is 2.59. The lowest BCUT2D eigenvalue weighted by Gasteiger charge is -2.30. The highest BCUT2D eigenvalue weighted by molar-refractivity contribution is 6.31. The van der Waals surface area contributed by atoms with Crippen molar-refractivity contribution in [2.24, 2.45) is 7.05 Å². The summed E-state index contributed by atoms with van der Waals surface area (Å²) in [6.07, 6.45) is -5.02. The minimum absolute atomic E-state index is 0.0658. The number of hydrogen-bond donors (Lipinski definition) is 0. The smallest absolute Gasteiger partial charge is 0.431 e. The van der Waals surface area contributed by atoms with Crippen molar-refractivity contribution in [3.05, 3.63) is 61.1 Å². The Bertz CT molecular complexity index is 1140. The van der Waals surface area contributed by atoms with E-state index in [9.17, 15) is 31.9 Å². The fraction of sp³-hybridized carbons (Fsp3) is 0.421. The molecule has 0 aliphatic rings. The number of hydrogen-bond acceptors (Lipinski definition) is 4. The van der Waals surface area contributed by atoms with Crippen LogP contribution in [0.1, 0.15) is 32.0 Å². The molecule has 0 aliphatic carbocycles. The molecule has 0 saturated carbocycles. The summed E-state index contributed by atoms with van der Waals surface area (Å²) < 4.78 is 59.3. The lowest BCUT2D eigenvalue weighted by Crippen LogP contribution is -2.41. The largest absolute Gasteiger partial charge is 0.458 e. The highest BCUT2D eigenvalue weighted by Gasteiger charge is 2.35. The van der Waals surface area contributed by atoms with Gasteiger partial charge in [0.1, 0.15) is 17.1 Å². The van der Waals surface area contributed by atoms with Crippen molar-refractivity contribution in [2.75, 3.05) is 0 Å². The minimum atomic E-state index is -4.95. The van der Waals surface area contributed by atoms with E-state index in [1.54, 1.807) is 13.8 Å². The molecule has 1 aromatic carbocycles. The standard InChI is InChI=1S/C19H18Cl2F4N2O4/c1-9(28)31-18(2,3)14(21)6-10-5-13(12(22)7-11(10)20)27-16(29)8-15(19(23,24)25)26(4)17(27)30/h5,7-8,14H,6H2,1-4H3. The third-order valence-corrected chi connectivity index (χ3v) is 5.56. The van der Waals surface area contributed by atoms with Gasteiger partial charge in [-0.15, -0.1) is 11.6 Å². The predicted octanol–water partition coefficient (Wildman–Crippen LogP) is 3.84. The van der Waals surface area contributed by atoms with Crippen LogP contribution >= 0.6 is 23.2 Å². The molecule has 1 heterocycles. The van der Waals surface area contributed by atoms with Crippen molar-refractivity contribution in [1.29, 1.82) is 0 Å². The molecule has 0 spiro atoms. The van der Waals surface area contributed by atoms with Gasteiger partial charge in [0.2, 0.25) is 0 Å². The summed E-state index contributed by atoms with van der Waals surface area (Å²) in [5, 5.41) is -0.943. The number of esters is 1. The Labute approximate surface area is 183 Å². The van der Waals surface area contributed by atoms with E-state index in [0.29, 0.717) is 0 Å². The van der Waals surface area contributed by atoms with Crippen LogP contribution in [-0.2, 0) is 29.2 Å². The number of rotatable bonds is 5. The molecule has 1 unspecified atom stereocenters. The Morgan fingerprint density at radius 3 is 2.29 bits per heavy atom. The van der Waals surface area contributed by atoms with Crippen LogP contribution in [0.3, 0.4) is 0 Å². The van der Waals surface area contributed by atoms with Gasteiger partial charge < -0.3 is 4.74 Å². The Balaban J connectivity index is 2.61. The normalized spacial score (nSPS) is 13.2. The summed E-state index contributed by atoms with van der Waals surface area (Å²) in [5.74, 6) is -1.68. The van der Waals surface area contributed by atoms with Crippen molar-refractivity contribution in [3.63, 3.8) is 0 Å². The average molecular weight is 485 g/mol. The van der Waals surface area contributed by atoms with Crippen LogP contribution in [0.2, 0.25) is 5.02 Å². The van der Waals surface area contributed by atoms with E-state index in [0.717, 1.165) is 19.2 Å². The van der Waals surface area contributed by atoms with Gasteiger partial charge in [0, 0.05) is 25.1 Å². The quantitative estimate of drug-likeness (QED) is 0.367. The molecule has 0 bridgehead atoms. The number of aromatic nitrogens is 2. The molecule has 2 rings (SSSR count). The summed E-state index contributed by atoms with van der Waals surface area (Å²) in [6, 6.07) is 2.06. The molecule has 1 aromatic heterocycles. The molecular formula is C19H18Cl2F4N2O4. The first-order chi connectivity index (χ1) is 14.1. The summed E-state index contributed by atoms with van der Waals surface area (Å²) in [6.45, 7) is 4.28. The van der Waals surface area contributed by atoms with E-state index in [1.807, 2.05) is 0 Å². The lowest BCUT2D eigenvalue weighted by molar-refractivity contribution is -0.153. The van der Waals surface area contributed by atoms with Crippen LogP contribution in [0.15, 0.2) is 27.8 Å². The number of nitrogens with zero attached hydrogens (tertiary/aromatic N) is 2. The minimum Gasteiger partial charge on any atom is -0.458 e. The molecular weight excluding hydrogens is 467 g/mol. The van der Waals surface area contributed by atoms with Crippen LogP contribution in [0.25, 0.3) is 5.69 Å². The summed E-state index contributed by atoms with van der Waals surface area (Å²) in [5.41, 5.74) is -5.79. The molecule has 0 amide bonds. The fourth-order valence-corrected chi connectivity index (χ4v) is 3.34. The molecule has 2 aromatic rings. The van der Waals surface area contributed by atoms with Gasteiger partial charge in [0.05, 0.1) is 11.1 Å². The van der Waals surface area contributed by atoms with Gasteiger partial charge >= 0.3 is 17.8 Å². The number of alkyl halides is 4. The number of carbonyl (C=O) groups is 1. The second-order valence-electron chi connectivity index (χ2n) is 7.31. The molecule has 12 heteroatoms. The Kier molecular flexibility index (Phi) is 6.97. The summed E-state index contributed by atoms with van der Waals surface area (Å²) in [7, 11) is 0.812. The fourth-order valence-electron chi connectivity index (χ4n) is 2.90. The molecule has 31 heavy (non-hydrogen) atoms. The zero-order chi connectivity index (χ0) is 23.9. The van der Waals surface area contributed by atoms with Crippen LogP contribution < -0.4 is 11.2 Å². The van der Waals surface area contributed by atoms with Crippen LogP contribution in [-0.4, -0.2) is 26.1 Å². The lowest BCUT2D eigenvalue weighted by atomic mass is 9.97. The van der Waals surface area contributed by atoms with E-state index >= 15 is 0 Å². The molecule has 170 valence electrons. The number of carbonyl (C=O) groups excluding carboxylic acids is 1. The maximum absolute atomic E-state index is 14.6.